The predicted molar refractivity (Wildman–Crippen MR) is 61.2 cm³/mol. The predicted octanol–water partition coefficient (Wildman–Crippen LogP) is 4.79. The van der Waals surface area contributed by atoms with E-state index in [4.69, 9.17) is 0 Å². The lowest BCUT2D eigenvalue weighted by molar-refractivity contribution is -0.273. The molecule has 0 N–H and O–H groups in total. The molecular weight excluding hydrogens is 452 g/mol. The van der Waals surface area contributed by atoms with Crippen LogP contribution in [0, 0.1) is 0 Å². The molecule has 0 aliphatic carbocycles. The summed E-state index contributed by atoms with van der Waals surface area (Å²) in [5, 5.41) is 0. The van der Waals surface area contributed by atoms with Crippen molar-refractivity contribution in [3.05, 3.63) is 20.3 Å². The van der Waals surface area contributed by atoms with Crippen molar-refractivity contribution in [1.29, 1.82) is 0 Å². The minimum atomic E-state index is -5.46. The summed E-state index contributed by atoms with van der Waals surface area (Å²) in [5.74, 6) is -15.2. The summed E-state index contributed by atoms with van der Waals surface area (Å²) in [6.07, 6.45) is -0.523. The standard InChI is InChI=1S/C7H4F6I2/c8-5(9,1-3-14)7(12,13)6(10,11)2-4-15/h1-4H. The van der Waals surface area contributed by atoms with Crippen LogP contribution in [0.15, 0.2) is 20.3 Å². The first-order chi connectivity index (χ1) is 6.62. The summed E-state index contributed by atoms with van der Waals surface area (Å²) >= 11 is 2.49. The van der Waals surface area contributed by atoms with Crippen LogP contribution in [0.3, 0.4) is 0 Å². The third kappa shape index (κ3) is 3.24. The van der Waals surface area contributed by atoms with E-state index >= 15 is 0 Å². The fraction of sp³-hybridized carbons (Fsp3) is 0.429. The molecule has 0 nitrogen and oxygen atoms in total. The van der Waals surface area contributed by atoms with Crippen molar-refractivity contribution in [1.82, 2.24) is 0 Å². The Morgan fingerprint density at radius 1 is 0.667 bits per heavy atom. The molecule has 0 atom stereocenters. The van der Waals surface area contributed by atoms with Gasteiger partial charge >= 0.3 is 17.8 Å². The van der Waals surface area contributed by atoms with Crippen LogP contribution in [0.4, 0.5) is 26.3 Å². The van der Waals surface area contributed by atoms with Crippen LogP contribution >= 0.6 is 45.2 Å². The molecule has 15 heavy (non-hydrogen) atoms. The summed E-state index contributed by atoms with van der Waals surface area (Å²) in [5.41, 5.74) is 0. The van der Waals surface area contributed by atoms with Crippen molar-refractivity contribution in [2.45, 2.75) is 17.8 Å². The summed E-state index contributed by atoms with van der Waals surface area (Å²) in [6.45, 7) is 0. The Morgan fingerprint density at radius 3 is 1.13 bits per heavy atom. The van der Waals surface area contributed by atoms with Gasteiger partial charge in [-0.1, -0.05) is 45.2 Å². The Balaban J connectivity index is 5.29. The number of allylic oxidation sites excluding steroid dienone is 2. The van der Waals surface area contributed by atoms with Crippen LogP contribution in [0.25, 0.3) is 0 Å². The van der Waals surface area contributed by atoms with Gasteiger partial charge in [-0.05, 0) is 20.3 Å². The van der Waals surface area contributed by atoms with Crippen LogP contribution in [0.1, 0.15) is 0 Å². The summed E-state index contributed by atoms with van der Waals surface area (Å²) in [4.78, 5) is 0. The zero-order valence-corrected chi connectivity index (χ0v) is 11.1. The molecule has 0 spiro atoms. The fourth-order valence-corrected chi connectivity index (χ4v) is 1.49. The van der Waals surface area contributed by atoms with Gasteiger partial charge in [-0.25, -0.2) is 0 Å². The van der Waals surface area contributed by atoms with Gasteiger partial charge in [0, 0.05) is 0 Å². The van der Waals surface area contributed by atoms with Crippen LogP contribution < -0.4 is 0 Å². The highest BCUT2D eigenvalue weighted by Gasteiger charge is 2.69. The molecular formula is C7H4F6I2. The van der Waals surface area contributed by atoms with E-state index in [0.29, 0.717) is 8.17 Å². The molecule has 8 heteroatoms. The van der Waals surface area contributed by atoms with Crippen molar-refractivity contribution < 1.29 is 26.3 Å². The highest BCUT2D eigenvalue weighted by Crippen LogP contribution is 2.47. The summed E-state index contributed by atoms with van der Waals surface area (Å²) in [6, 6.07) is 0. The van der Waals surface area contributed by atoms with Crippen molar-refractivity contribution in [2.24, 2.45) is 0 Å². The van der Waals surface area contributed by atoms with Gasteiger partial charge in [0.2, 0.25) is 0 Å². The van der Waals surface area contributed by atoms with Gasteiger partial charge in [-0.15, -0.1) is 0 Å². The molecule has 0 bridgehead atoms. The zero-order chi connectivity index (χ0) is 12.3. The van der Waals surface area contributed by atoms with Crippen molar-refractivity contribution in [2.75, 3.05) is 0 Å². The third-order valence-corrected chi connectivity index (χ3v) is 2.10. The Hall–Kier alpha value is 0.520. The van der Waals surface area contributed by atoms with E-state index in [9.17, 15) is 26.3 Å². The minimum absolute atomic E-state index is 0.261. The quantitative estimate of drug-likeness (QED) is 0.422. The van der Waals surface area contributed by atoms with Gasteiger partial charge < -0.3 is 0 Å². The lowest BCUT2D eigenvalue weighted by atomic mass is 10.1. The highest BCUT2D eigenvalue weighted by molar-refractivity contribution is 14.1. The zero-order valence-electron chi connectivity index (χ0n) is 6.83. The van der Waals surface area contributed by atoms with E-state index in [1.54, 1.807) is 0 Å². The van der Waals surface area contributed by atoms with E-state index in [1.807, 2.05) is 0 Å². The molecule has 0 aliphatic rings. The lowest BCUT2D eigenvalue weighted by Crippen LogP contribution is -2.52. The Bertz CT molecular complexity index is 245. The summed E-state index contributed by atoms with van der Waals surface area (Å²) < 4.78 is 77.3. The van der Waals surface area contributed by atoms with Gasteiger partial charge in [0.05, 0.1) is 0 Å². The molecule has 0 amide bonds. The Labute approximate surface area is 109 Å². The van der Waals surface area contributed by atoms with Crippen LogP contribution in [-0.2, 0) is 0 Å². The van der Waals surface area contributed by atoms with E-state index in [2.05, 4.69) is 0 Å². The molecule has 0 aromatic rings. The molecule has 0 aliphatic heterocycles. The smallest absolute Gasteiger partial charge is 0.195 e. The molecule has 0 aromatic heterocycles. The number of halogens is 8. The molecule has 0 fully saturated rings. The second kappa shape index (κ2) is 5.23. The first kappa shape index (κ1) is 15.5. The highest BCUT2D eigenvalue weighted by atomic mass is 127. The summed E-state index contributed by atoms with van der Waals surface area (Å²) in [7, 11) is 0. The SMILES string of the molecule is FC(F)(C=CI)C(F)(F)C(F)(F)C=CI. The van der Waals surface area contributed by atoms with E-state index < -0.39 is 17.8 Å². The van der Waals surface area contributed by atoms with Crippen molar-refractivity contribution in [3.63, 3.8) is 0 Å². The topological polar surface area (TPSA) is 0 Å². The molecule has 0 unspecified atom stereocenters. The maximum absolute atomic E-state index is 12.7. The van der Waals surface area contributed by atoms with Gasteiger partial charge in [0.15, 0.2) is 0 Å². The van der Waals surface area contributed by atoms with Crippen LogP contribution in [-0.4, -0.2) is 17.8 Å². The second-order valence-electron chi connectivity index (χ2n) is 2.41. The van der Waals surface area contributed by atoms with Crippen molar-refractivity contribution >= 4 is 45.2 Å². The largest absolute Gasteiger partial charge is 0.379 e. The van der Waals surface area contributed by atoms with E-state index in [0.717, 1.165) is 0 Å². The second-order valence-corrected chi connectivity index (χ2v) is 3.84. The van der Waals surface area contributed by atoms with E-state index in [-0.39, 0.29) is 12.2 Å². The fourth-order valence-electron chi connectivity index (χ4n) is 0.590. The van der Waals surface area contributed by atoms with E-state index in [1.165, 1.54) is 45.2 Å². The van der Waals surface area contributed by atoms with Gasteiger partial charge in [0.25, 0.3) is 0 Å². The Morgan fingerprint density at radius 2 is 0.933 bits per heavy atom. The minimum Gasteiger partial charge on any atom is -0.195 e. The van der Waals surface area contributed by atoms with Gasteiger partial charge in [-0.2, -0.15) is 26.3 Å². The molecule has 88 valence electrons. The molecule has 0 saturated carbocycles. The van der Waals surface area contributed by atoms with Crippen LogP contribution in [0.5, 0.6) is 0 Å². The van der Waals surface area contributed by atoms with Crippen molar-refractivity contribution in [3.8, 4) is 0 Å². The normalized spacial score (nSPS) is 15.5. The number of rotatable bonds is 4. The third-order valence-electron chi connectivity index (χ3n) is 1.38. The molecule has 0 heterocycles. The maximum atomic E-state index is 12.7. The number of alkyl halides is 6. The average Bonchev–Trinajstić information content (AvgIpc) is 2.03. The monoisotopic (exact) mass is 456 g/mol. The molecule has 0 rings (SSSR count). The van der Waals surface area contributed by atoms with Gasteiger partial charge in [-0.3, -0.25) is 0 Å². The number of hydrogen-bond donors (Lipinski definition) is 0. The first-order valence-electron chi connectivity index (χ1n) is 3.31. The molecule has 0 aromatic carbocycles. The lowest BCUT2D eigenvalue weighted by Gasteiger charge is -2.29. The van der Waals surface area contributed by atoms with Gasteiger partial charge in [0.1, 0.15) is 0 Å². The molecule has 0 saturated heterocycles. The Kier molecular flexibility index (Phi) is 5.41. The number of hydrogen-bond acceptors (Lipinski definition) is 0. The average molecular weight is 456 g/mol. The van der Waals surface area contributed by atoms with Crippen LogP contribution in [0.2, 0.25) is 0 Å². The first-order valence-corrected chi connectivity index (χ1v) is 5.81. The maximum Gasteiger partial charge on any atom is 0.379 e. The molecule has 0 radical (unpaired) electrons.